The zero-order chi connectivity index (χ0) is 13.2. The number of hydrogen-bond acceptors (Lipinski definition) is 5. The molecule has 3 rings (SSSR count). The molecule has 2 aromatic heterocycles. The standard InChI is InChI=1S/C13H20N6/c1-3-19-6-4-5-11(9-19)16-13-12-10(7-14-17-13)8-15-18(12)2/h7-8,11H,3-6,9H2,1-2H3,(H,16,17)/t11-/m1/s1. The summed E-state index contributed by atoms with van der Waals surface area (Å²) < 4.78 is 1.85. The Kier molecular flexibility index (Phi) is 3.33. The van der Waals surface area contributed by atoms with Crippen LogP contribution < -0.4 is 5.32 Å². The molecule has 0 amide bonds. The first-order valence-electron chi connectivity index (χ1n) is 6.90. The van der Waals surface area contributed by atoms with E-state index in [0.717, 1.165) is 29.8 Å². The van der Waals surface area contributed by atoms with Gasteiger partial charge in [0, 0.05) is 25.0 Å². The van der Waals surface area contributed by atoms with Crippen LogP contribution in [-0.4, -0.2) is 50.6 Å². The second kappa shape index (κ2) is 5.13. The molecule has 1 aliphatic heterocycles. The van der Waals surface area contributed by atoms with Gasteiger partial charge < -0.3 is 10.2 Å². The Labute approximate surface area is 112 Å². The van der Waals surface area contributed by atoms with Crippen molar-refractivity contribution >= 4 is 16.7 Å². The van der Waals surface area contributed by atoms with Crippen LogP contribution in [0.3, 0.4) is 0 Å². The third kappa shape index (κ3) is 2.40. The van der Waals surface area contributed by atoms with Gasteiger partial charge in [-0.15, -0.1) is 5.10 Å². The number of rotatable bonds is 3. The molecule has 0 spiro atoms. The highest BCUT2D eigenvalue weighted by Gasteiger charge is 2.20. The van der Waals surface area contributed by atoms with Crippen molar-refractivity contribution in [1.29, 1.82) is 0 Å². The van der Waals surface area contributed by atoms with E-state index in [0.29, 0.717) is 6.04 Å². The first-order valence-corrected chi connectivity index (χ1v) is 6.90. The minimum Gasteiger partial charge on any atom is -0.363 e. The smallest absolute Gasteiger partial charge is 0.175 e. The van der Waals surface area contributed by atoms with E-state index in [1.165, 1.54) is 19.4 Å². The van der Waals surface area contributed by atoms with Gasteiger partial charge in [0.2, 0.25) is 0 Å². The SMILES string of the molecule is CCN1CCC[C@@H](Nc2nncc3cnn(C)c23)C1. The number of likely N-dealkylation sites (N-methyl/N-ethyl adjacent to an activating group) is 1. The molecule has 0 radical (unpaired) electrons. The first kappa shape index (κ1) is 12.3. The van der Waals surface area contributed by atoms with Crippen LogP contribution in [0.15, 0.2) is 12.4 Å². The molecule has 1 fully saturated rings. The molecule has 0 unspecified atom stereocenters. The van der Waals surface area contributed by atoms with E-state index in [1.54, 1.807) is 6.20 Å². The van der Waals surface area contributed by atoms with Crippen LogP contribution in [0.25, 0.3) is 10.9 Å². The van der Waals surface area contributed by atoms with Crippen molar-refractivity contribution in [2.75, 3.05) is 25.0 Å². The molecule has 19 heavy (non-hydrogen) atoms. The molecular formula is C13H20N6. The lowest BCUT2D eigenvalue weighted by Crippen LogP contribution is -2.42. The van der Waals surface area contributed by atoms with Crippen LogP contribution in [-0.2, 0) is 7.05 Å². The van der Waals surface area contributed by atoms with Gasteiger partial charge in [0.1, 0.15) is 5.52 Å². The van der Waals surface area contributed by atoms with Gasteiger partial charge in [-0.25, -0.2) is 0 Å². The van der Waals surface area contributed by atoms with Crippen LogP contribution in [0.1, 0.15) is 19.8 Å². The van der Waals surface area contributed by atoms with Gasteiger partial charge in [-0.05, 0) is 25.9 Å². The lowest BCUT2D eigenvalue weighted by molar-refractivity contribution is 0.226. The number of hydrogen-bond donors (Lipinski definition) is 1. The fourth-order valence-corrected chi connectivity index (χ4v) is 2.79. The molecule has 102 valence electrons. The lowest BCUT2D eigenvalue weighted by Gasteiger charge is -2.32. The summed E-state index contributed by atoms with van der Waals surface area (Å²) in [7, 11) is 1.94. The zero-order valence-electron chi connectivity index (χ0n) is 11.5. The molecule has 2 aromatic rings. The third-order valence-corrected chi connectivity index (χ3v) is 3.84. The summed E-state index contributed by atoms with van der Waals surface area (Å²) in [6.45, 7) is 5.60. The first-order chi connectivity index (χ1) is 9.28. The molecule has 6 nitrogen and oxygen atoms in total. The van der Waals surface area contributed by atoms with Crippen molar-refractivity contribution in [2.45, 2.75) is 25.8 Å². The van der Waals surface area contributed by atoms with Crippen molar-refractivity contribution in [3.8, 4) is 0 Å². The Morgan fingerprint density at radius 2 is 2.32 bits per heavy atom. The second-order valence-electron chi connectivity index (χ2n) is 5.14. The summed E-state index contributed by atoms with van der Waals surface area (Å²) in [5.74, 6) is 0.848. The number of nitrogens with one attached hydrogen (secondary N) is 1. The summed E-state index contributed by atoms with van der Waals surface area (Å²) in [4.78, 5) is 2.47. The van der Waals surface area contributed by atoms with E-state index < -0.39 is 0 Å². The minimum atomic E-state index is 0.448. The number of likely N-dealkylation sites (tertiary alicyclic amines) is 1. The molecule has 0 saturated carbocycles. The van der Waals surface area contributed by atoms with Gasteiger partial charge in [0.25, 0.3) is 0 Å². The number of fused-ring (bicyclic) bond motifs is 1. The van der Waals surface area contributed by atoms with Crippen LogP contribution in [0, 0.1) is 0 Å². The van der Waals surface area contributed by atoms with Crippen LogP contribution in [0.5, 0.6) is 0 Å². The monoisotopic (exact) mass is 260 g/mol. The molecule has 6 heteroatoms. The molecule has 0 aromatic carbocycles. The van der Waals surface area contributed by atoms with Gasteiger partial charge in [-0.3, -0.25) is 4.68 Å². The van der Waals surface area contributed by atoms with E-state index in [1.807, 2.05) is 17.9 Å². The molecule has 1 saturated heterocycles. The fraction of sp³-hybridized carbons (Fsp3) is 0.615. The normalized spacial score (nSPS) is 20.8. The Bertz CT molecular complexity index is 563. The molecule has 0 bridgehead atoms. The van der Waals surface area contributed by atoms with Gasteiger partial charge in [0.15, 0.2) is 5.82 Å². The van der Waals surface area contributed by atoms with E-state index in [2.05, 4.69) is 32.4 Å². The summed E-state index contributed by atoms with van der Waals surface area (Å²) in [6.07, 6.45) is 6.01. The Morgan fingerprint density at radius 1 is 1.42 bits per heavy atom. The number of nitrogens with zero attached hydrogens (tertiary/aromatic N) is 5. The number of piperidine rings is 1. The van der Waals surface area contributed by atoms with E-state index >= 15 is 0 Å². The van der Waals surface area contributed by atoms with Crippen molar-refractivity contribution in [1.82, 2.24) is 24.9 Å². The van der Waals surface area contributed by atoms with E-state index in [4.69, 9.17) is 0 Å². The topological polar surface area (TPSA) is 58.9 Å². The highest BCUT2D eigenvalue weighted by molar-refractivity contribution is 5.87. The maximum atomic E-state index is 4.27. The average Bonchev–Trinajstić information content (AvgIpc) is 2.82. The van der Waals surface area contributed by atoms with Crippen LogP contribution in [0.4, 0.5) is 5.82 Å². The second-order valence-corrected chi connectivity index (χ2v) is 5.14. The number of aryl methyl sites for hydroxylation is 1. The number of anilines is 1. The molecule has 0 aliphatic carbocycles. The van der Waals surface area contributed by atoms with Gasteiger partial charge in [0.05, 0.1) is 12.4 Å². The minimum absolute atomic E-state index is 0.448. The van der Waals surface area contributed by atoms with E-state index in [-0.39, 0.29) is 0 Å². The zero-order valence-corrected chi connectivity index (χ0v) is 11.5. The van der Waals surface area contributed by atoms with Gasteiger partial charge >= 0.3 is 0 Å². The maximum Gasteiger partial charge on any atom is 0.175 e. The van der Waals surface area contributed by atoms with E-state index in [9.17, 15) is 0 Å². The molecule has 1 aliphatic rings. The summed E-state index contributed by atoms with van der Waals surface area (Å²) in [5.41, 5.74) is 1.03. The summed E-state index contributed by atoms with van der Waals surface area (Å²) >= 11 is 0. The Balaban J connectivity index is 1.83. The highest BCUT2D eigenvalue weighted by Crippen LogP contribution is 2.21. The van der Waals surface area contributed by atoms with Crippen molar-refractivity contribution in [3.05, 3.63) is 12.4 Å². The van der Waals surface area contributed by atoms with Crippen molar-refractivity contribution in [2.24, 2.45) is 7.05 Å². The predicted octanol–water partition coefficient (Wildman–Crippen LogP) is 1.26. The molecule has 3 heterocycles. The molecule has 1 N–H and O–H groups in total. The largest absolute Gasteiger partial charge is 0.363 e. The average molecular weight is 260 g/mol. The maximum absolute atomic E-state index is 4.27. The summed E-state index contributed by atoms with van der Waals surface area (Å²) in [5, 5.41) is 17.1. The Morgan fingerprint density at radius 3 is 3.16 bits per heavy atom. The van der Waals surface area contributed by atoms with Crippen LogP contribution >= 0.6 is 0 Å². The molecular weight excluding hydrogens is 240 g/mol. The van der Waals surface area contributed by atoms with Crippen molar-refractivity contribution in [3.63, 3.8) is 0 Å². The number of aromatic nitrogens is 4. The quantitative estimate of drug-likeness (QED) is 0.900. The fourth-order valence-electron chi connectivity index (χ4n) is 2.79. The molecule has 1 atom stereocenters. The summed E-state index contributed by atoms with van der Waals surface area (Å²) in [6, 6.07) is 0.448. The van der Waals surface area contributed by atoms with Crippen molar-refractivity contribution < 1.29 is 0 Å². The van der Waals surface area contributed by atoms with Crippen LogP contribution in [0.2, 0.25) is 0 Å². The van der Waals surface area contributed by atoms with Gasteiger partial charge in [-0.2, -0.15) is 10.2 Å². The predicted molar refractivity (Wildman–Crippen MR) is 75.1 cm³/mol. The third-order valence-electron chi connectivity index (χ3n) is 3.84. The Hall–Kier alpha value is -1.69. The highest BCUT2D eigenvalue weighted by atomic mass is 15.3. The van der Waals surface area contributed by atoms with Gasteiger partial charge in [-0.1, -0.05) is 6.92 Å². The lowest BCUT2D eigenvalue weighted by atomic mass is 10.1.